The number of rotatable bonds is 18. The topological polar surface area (TPSA) is 284 Å². The molecule has 0 radical (unpaired) electrons. The van der Waals surface area contributed by atoms with E-state index >= 15 is 0 Å². The molecule has 0 fully saturated rings. The zero-order chi connectivity index (χ0) is 43.5. The largest absolute Gasteiger partial charge is 0.461 e. The van der Waals surface area contributed by atoms with Crippen molar-refractivity contribution in [3.8, 4) is 0 Å². The smallest absolute Gasteiger partial charge is 0.370 e. The molecule has 0 bridgehead atoms. The SMILES string of the molecule is C=C.C=C.C=CC(=O)OCCn1c(=O)n(CCO)c(=O)n(OC(=O)C=C)c1=O.C=CC(=O)OCCn1c(=O)n(CCOC(=O)C=C)c(=O)n(OC(=O)C=C)c1=O. The Kier molecular flexibility index (Phi) is 24.3. The molecule has 0 aliphatic heterocycles. The fourth-order valence-corrected chi connectivity index (χ4v) is 3.39. The van der Waals surface area contributed by atoms with Gasteiger partial charge < -0.3 is 29.0 Å². The fraction of sp³-hybridized carbons (Fsp3) is 0.242. The molecule has 0 aliphatic rings. The average Bonchev–Trinajstić information content (AvgIpc) is 3.21. The highest BCUT2D eigenvalue weighted by atomic mass is 16.7. The second-order valence-corrected chi connectivity index (χ2v) is 8.96. The molecule has 0 saturated carbocycles. The maximum atomic E-state index is 12.4. The van der Waals surface area contributed by atoms with Crippen LogP contribution in [0.1, 0.15) is 0 Å². The first-order valence-corrected chi connectivity index (χ1v) is 15.2. The molecule has 0 aliphatic carbocycles. The van der Waals surface area contributed by atoms with Gasteiger partial charge in [0.2, 0.25) is 0 Å². The molecule has 2 rings (SSSR count). The molecule has 1 N–H and O–H groups in total. The van der Waals surface area contributed by atoms with Gasteiger partial charge in [0.1, 0.15) is 19.8 Å². The summed E-state index contributed by atoms with van der Waals surface area (Å²) in [6.07, 6.45) is 4.05. The second kappa shape index (κ2) is 27.0. The summed E-state index contributed by atoms with van der Waals surface area (Å²) in [5.41, 5.74) is -7.19. The molecule has 56 heavy (non-hydrogen) atoms. The van der Waals surface area contributed by atoms with Crippen molar-refractivity contribution in [3.63, 3.8) is 0 Å². The monoisotopic (exact) mass is 792 g/mol. The highest BCUT2D eigenvalue weighted by molar-refractivity contribution is 5.82. The quantitative estimate of drug-likeness (QED) is 0.0661. The van der Waals surface area contributed by atoms with Crippen molar-refractivity contribution >= 4 is 29.8 Å². The molecule has 0 aromatic carbocycles. The van der Waals surface area contributed by atoms with E-state index in [-0.39, 0.29) is 16.1 Å². The molecule has 23 nitrogen and oxygen atoms in total. The predicted octanol–water partition coefficient (Wildman–Crippen LogP) is -3.59. The first kappa shape index (κ1) is 50.4. The van der Waals surface area contributed by atoms with Crippen molar-refractivity contribution in [2.45, 2.75) is 26.2 Å². The van der Waals surface area contributed by atoms with Crippen LogP contribution in [-0.2, 0) is 64.4 Å². The molecule has 2 aromatic heterocycles. The summed E-state index contributed by atoms with van der Waals surface area (Å²) in [5, 5.41) is 8.93. The van der Waals surface area contributed by atoms with Gasteiger partial charge in [0, 0.05) is 30.4 Å². The fourth-order valence-electron chi connectivity index (χ4n) is 3.39. The first-order chi connectivity index (χ1) is 26.6. The number of carbonyl (C=O) groups excluding carboxylic acids is 5. The molecule has 2 heterocycles. The van der Waals surface area contributed by atoms with Crippen molar-refractivity contribution in [2.24, 2.45) is 0 Å². The second-order valence-electron chi connectivity index (χ2n) is 8.96. The van der Waals surface area contributed by atoms with E-state index in [0.717, 1.165) is 18.2 Å². The highest BCUT2D eigenvalue weighted by Crippen LogP contribution is 1.86. The van der Waals surface area contributed by atoms with Gasteiger partial charge in [0.05, 0.1) is 32.8 Å². The van der Waals surface area contributed by atoms with Crippen molar-refractivity contribution < 1.29 is 53.0 Å². The Bertz CT molecular complexity index is 2080. The van der Waals surface area contributed by atoms with Gasteiger partial charge in [-0.25, -0.2) is 71.0 Å². The van der Waals surface area contributed by atoms with Gasteiger partial charge in [-0.15, -0.1) is 26.3 Å². The number of aliphatic hydroxyl groups excluding tert-OH is 1. The molecular formula is C33H40N6O17. The van der Waals surface area contributed by atoms with Gasteiger partial charge in [-0.2, -0.15) is 0 Å². The van der Waals surface area contributed by atoms with Crippen LogP contribution in [0.25, 0.3) is 0 Å². The maximum Gasteiger partial charge on any atom is 0.370 e. The summed E-state index contributed by atoms with van der Waals surface area (Å²) in [6.45, 7) is 24.3. The van der Waals surface area contributed by atoms with E-state index in [4.69, 9.17) is 5.11 Å². The van der Waals surface area contributed by atoms with E-state index in [2.05, 4.69) is 83.1 Å². The molecule has 304 valence electrons. The summed E-state index contributed by atoms with van der Waals surface area (Å²) in [5.74, 6) is -4.60. The molecule has 0 spiro atoms. The zero-order valence-electron chi connectivity index (χ0n) is 30.1. The van der Waals surface area contributed by atoms with Crippen LogP contribution in [0.4, 0.5) is 0 Å². The van der Waals surface area contributed by atoms with Crippen LogP contribution < -0.4 is 43.8 Å². The van der Waals surface area contributed by atoms with E-state index in [1.807, 2.05) is 0 Å². The van der Waals surface area contributed by atoms with Crippen molar-refractivity contribution in [1.29, 1.82) is 0 Å². The number of hydrogen-bond acceptors (Lipinski definition) is 17. The van der Waals surface area contributed by atoms with Crippen LogP contribution >= 0.6 is 0 Å². The van der Waals surface area contributed by atoms with Crippen LogP contribution in [0.3, 0.4) is 0 Å². The van der Waals surface area contributed by atoms with Gasteiger partial charge in [-0.05, 0) is 0 Å². The Morgan fingerprint density at radius 3 is 0.875 bits per heavy atom. The normalized spacial score (nSPS) is 9.38. The third-order valence-corrected chi connectivity index (χ3v) is 5.74. The number of esters is 3. The number of nitrogens with zero attached hydrogens (tertiary/aromatic N) is 6. The molecule has 0 unspecified atom stereocenters. The van der Waals surface area contributed by atoms with E-state index in [1.54, 1.807) is 0 Å². The molecule has 0 saturated heterocycles. The maximum absolute atomic E-state index is 12.4. The number of hydrogen-bond donors (Lipinski definition) is 1. The average molecular weight is 793 g/mol. The summed E-state index contributed by atoms with van der Waals surface area (Å²) in [7, 11) is 0. The Labute approximate surface area is 315 Å². The number of aromatic nitrogens is 6. The Morgan fingerprint density at radius 1 is 0.429 bits per heavy atom. The Morgan fingerprint density at radius 2 is 0.661 bits per heavy atom. The number of ether oxygens (including phenoxy) is 3. The molecule has 2 aromatic rings. The van der Waals surface area contributed by atoms with Crippen LogP contribution in [0, 0.1) is 0 Å². The number of aliphatic hydroxyl groups is 1. The van der Waals surface area contributed by atoms with Crippen LogP contribution in [0.2, 0.25) is 0 Å². The third kappa shape index (κ3) is 15.1. The summed E-state index contributed by atoms with van der Waals surface area (Å²) < 4.78 is 16.1. The summed E-state index contributed by atoms with van der Waals surface area (Å²) >= 11 is 0. The van der Waals surface area contributed by atoms with Crippen molar-refractivity contribution in [2.75, 3.05) is 26.4 Å². The summed E-state index contributed by atoms with van der Waals surface area (Å²) in [4.78, 5) is 138. The Hall–Kier alpha value is -7.69. The van der Waals surface area contributed by atoms with Crippen LogP contribution in [0.5, 0.6) is 0 Å². The minimum atomic E-state index is -1.28. The standard InChI is InChI=1S/C16H17N3O9.C13H15N3O8.2C2H4/c1-4-11(20)26-9-7-17-14(23)18(8-10-27-12(21)5-2)16(25)19(15(17)24)28-13(22)6-3;1-3-9(18)23-8-6-15-11(20)14(5-7-17)12(21)16(13(15)22)24-10(19)4-2;2*1-2/h4-6H,1-3,7-10H2;3-4,17H,1-2,5-8H2;2*1-2H2. The van der Waals surface area contributed by atoms with Crippen molar-refractivity contribution in [1.82, 2.24) is 27.7 Å². The van der Waals surface area contributed by atoms with Crippen LogP contribution in [-0.4, -0.2) is 89.1 Å². The van der Waals surface area contributed by atoms with E-state index in [0.29, 0.717) is 30.4 Å². The molecule has 0 atom stereocenters. The van der Waals surface area contributed by atoms with E-state index in [1.165, 1.54) is 0 Å². The van der Waals surface area contributed by atoms with Gasteiger partial charge in [-0.3, -0.25) is 0 Å². The lowest BCUT2D eigenvalue weighted by atomic mass is 10.6. The lowest BCUT2D eigenvalue weighted by Gasteiger charge is -2.13. The van der Waals surface area contributed by atoms with Gasteiger partial charge in [0.15, 0.2) is 0 Å². The lowest BCUT2D eigenvalue weighted by molar-refractivity contribution is -0.141. The third-order valence-electron chi connectivity index (χ3n) is 5.74. The minimum absolute atomic E-state index is 0.0378. The summed E-state index contributed by atoms with van der Waals surface area (Å²) in [6, 6.07) is 0. The first-order valence-electron chi connectivity index (χ1n) is 15.2. The van der Waals surface area contributed by atoms with Crippen molar-refractivity contribution in [3.05, 3.63) is 152 Å². The predicted molar refractivity (Wildman–Crippen MR) is 195 cm³/mol. The van der Waals surface area contributed by atoms with Crippen LogP contribution in [0.15, 0.2) is 118 Å². The highest BCUT2D eigenvalue weighted by Gasteiger charge is 2.20. The zero-order valence-corrected chi connectivity index (χ0v) is 30.1. The van der Waals surface area contributed by atoms with E-state index in [9.17, 15) is 52.7 Å². The van der Waals surface area contributed by atoms with E-state index < -0.39 is 110 Å². The Balaban J connectivity index is 0. The van der Waals surface area contributed by atoms with Gasteiger partial charge in [-0.1, -0.05) is 42.4 Å². The molecule has 23 heteroatoms. The molecular weight excluding hydrogens is 752 g/mol. The van der Waals surface area contributed by atoms with Gasteiger partial charge >= 0.3 is 64.0 Å². The minimum Gasteiger partial charge on any atom is -0.461 e. The van der Waals surface area contributed by atoms with Gasteiger partial charge in [0.25, 0.3) is 0 Å². The number of carbonyl (C=O) groups is 5. The lowest BCUT2D eigenvalue weighted by Crippen LogP contribution is -2.57. The molecule has 0 amide bonds.